The lowest BCUT2D eigenvalue weighted by molar-refractivity contribution is 1.04. The van der Waals surface area contributed by atoms with Gasteiger partial charge in [0.25, 0.3) is 0 Å². The fourth-order valence-corrected chi connectivity index (χ4v) is 1.93. The third-order valence-electron chi connectivity index (χ3n) is 2.67. The summed E-state index contributed by atoms with van der Waals surface area (Å²) in [4.78, 5) is 8.82. The second-order valence-electron chi connectivity index (χ2n) is 3.55. The molecule has 2 aromatic heterocycles. The van der Waals surface area contributed by atoms with Crippen LogP contribution in [0.2, 0.25) is 0 Å². The lowest BCUT2D eigenvalue weighted by Gasteiger charge is -2.05. The van der Waals surface area contributed by atoms with Crippen molar-refractivity contribution in [2.75, 3.05) is 0 Å². The number of nitrogens with zero attached hydrogens (tertiary/aromatic N) is 3. The molecule has 3 aromatic rings. The molecule has 0 fully saturated rings. The van der Waals surface area contributed by atoms with Crippen molar-refractivity contribution in [2.45, 2.75) is 27.2 Å². The van der Waals surface area contributed by atoms with Crippen LogP contribution in [-0.4, -0.2) is 14.4 Å². The number of fused-ring (bicyclic) bond motifs is 3. The molecule has 0 amide bonds. The van der Waals surface area contributed by atoms with Crippen LogP contribution in [0.5, 0.6) is 0 Å². The van der Waals surface area contributed by atoms with Gasteiger partial charge in [-0.3, -0.25) is 4.40 Å². The molecule has 0 bridgehead atoms. The Kier molecular flexibility index (Phi) is 3.38. The first-order valence-electron chi connectivity index (χ1n) is 6.10. The highest BCUT2D eigenvalue weighted by molar-refractivity contribution is 5.79. The van der Waals surface area contributed by atoms with Gasteiger partial charge >= 0.3 is 0 Å². The highest BCUT2D eigenvalue weighted by Crippen LogP contribution is 2.17. The minimum absolute atomic E-state index is 0.931. The van der Waals surface area contributed by atoms with E-state index in [4.69, 9.17) is 0 Å². The average molecular weight is 227 g/mol. The lowest BCUT2D eigenvalue weighted by Crippen LogP contribution is -1.96. The molecule has 0 N–H and O–H groups in total. The molecule has 0 unspecified atom stereocenters. The van der Waals surface area contributed by atoms with Crippen LogP contribution in [0.4, 0.5) is 0 Å². The lowest BCUT2D eigenvalue weighted by atomic mass is 10.2. The molecule has 2 heterocycles. The van der Waals surface area contributed by atoms with Crippen LogP contribution in [0, 0.1) is 0 Å². The SMILES string of the molecule is CC.CCc1nc2ccccc2n2cncc12. The van der Waals surface area contributed by atoms with E-state index in [2.05, 4.69) is 27.4 Å². The summed E-state index contributed by atoms with van der Waals surface area (Å²) in [6.07, 6.45) is 4.65. The summed E-state index contributed by atoms with van der Waals surface area (Å²) in [5.41, 5.74) is 4.35. The van der Waals surface area contributed by atoms with E-state index in [9.17, 15) is 0 Å². The Morgan fingerprint density at radius 3 is 2.65 bits per heavy atom. The van der Waals surface area contributed by atoms with Gasteiger partial charge in [-0.1, -0.05) is 32.9 Å². The van der Waals surface area contributed by atoms with Crippen molar-refractivity contribution in [3.8, 4) is 0 Å². The number of aryl methyl sites for hydroxylation is 1. The topological polar surface area (TPSA) is 30.2 Å². The first kappa shape index (κ1) is 11.6. The van der Waals surface area contributed by atoms with E-state index in [1.807, 2.05) is 44.6 Å². The number of imidazole rings is 1. The molecular formula is C14H17N3. The smallest absolute Gasteiger partial charge is 0.0998 e. The average Bonchev–Trinajstić information content (AvgIpc) is 2.89. The minimum Gasteiger partial charge on any atom is -0.295 e. The summed E-state index contributed by atoms with van der Waals surface area (Å²) >= 11 is 0. The van der Waals surface area contributed by atoms with E-state index in [0.717, 1.165) is 28.7 Å². The van der Waals surface area contributed by atoms with Crippen LogP contribution in [0.15, 0.2) is 36.8 Å². The monoisotopic (exact) mass is 227 g/mol. The molecule has 3 heteroatoms. The maximum Gasteiger partial charge on any atom is 0.0998 e. The van der Waals surface area contributed by atoms with Gasteiger partial charge in [-0.05, 0) is 18.6 Å². The van der Waals surface area contributed by atoms with E-state index in [1.165, 1.54) is 0 Å². The third-order valence-corrected chi connectivity index (χ3v) is 2.67. The van der Waals surface area contributed by atoms with Gasteiger partial charge in [-0.15, -0.1) is 0 Å². The molecule has 3 rings (SSSR count). The van der Waals surface area contributed by atoms with Gasteiger partial charge < -0.3 is 0 Å². The summed E-state index contributed by atoms with van der Waals surface area (Å²) in [5.74, 6) is 0. The van der Waals surface area contributed by atoms with E-state index < -0.39 is 0 Å². The van der Waals surface area contributed by atoms with Gasteiger partial charge in [-0.2, -0.15) is 0 Å². The predicted molar refractivity (Wildman–Crippen MR) is 71.2 cm³/mol. The maximum absolute atomic E-state index is 4.63. The highest BCUT2D eigenvalue weighted by Gasteiger charge is 2.05. The van der Waals surface area contributed by atoms with Gasteiger partial charge in [0.15, 0.2) is 0 Å². The molecule has 0 radical (unpaired) electrons. The molecule has 0 aliphatic carbocycles. The number of benzene rings is 1. The standard InChI is InChI=1S/C12H11N3.C2H6/c1-2-9-12-7-13-8-15(12)11-6-4-3-5-10(11)14-9;1-2/h3-8H,2H2,1H3;1-2H3. The van der Waals surface area contributed by atoms with E-state index >= 15 is 0 Å². The quantitative estimate of drug-likeness (QED) is 0.637. The molecular weight excluding hydrogens is 210 g/mol. The normalized spacial score (nSPS) is 10.3. The Bertz CT molecular complexity index is 625. The first-order chi connectivity index (χ1) is 8.40. The molecule has 0 atom stereocenters. The van der Waals surface area contributed by atoms with Crippen LogP contribution in [-0.2, 0) is 6.42 Å². The minimum atomic E-state index is 0.931. The zero-order chi connectivity index (χ0) is 12.3. The predicted octanol–water partition coefficient (Wildman–Crippen LogP) is 3.47. The largest absolute Gasteiger partial charge is 0.295 e. The second-order valence-corrected chi connectivity index (χ2v) is 3.55. The molecule has 17 heavy (non-hydrogen) atoms. The van der Waals surface area contributed by atoms with Crippen LogP contribution in [0.1, 0.15) is 26.5 Å². The van der Waals surface area contributed by atoms with Gasteiger partial charge in [-0.25, -0.2) is 9.97 Å². The fraction of sp³-hybridized carbons (Fsp3) is 0.286. The van der Waals surface area contributed by atoms with Crippen molar-refractivity contribution in [1.82, 2.24) is 14.4 Å². The third kappa shape index (κ3) is 1.88. The van der Waals surface area contributed by atoms with Crippen LogP contribution in [0.25, 0.3) is 16.6 Å². The van der Waals surface area contributed by atoms with E-state index in [1.54, 1.807) is 0 Å². The van der Waals surface area contributed by atoms with Gasteiger partial charge in [0.1, 0.15) is 0 Å². The second kappa shape index (κ2) is 4.95. The van der Waals surface area contributed by atoms with Crippen molar-refractivity contribution in [2.24, 2.45) is 0 Å². The maximum atomic E-state index is 4.63. The summed E-state index contributed by atoms with van der Waals surface area (Å²) < 4.78 is 2.10. The molecule has 3 nitrogen and oxygen atoms in total. The van der Waals surface area contributed by atoms with Crippen LogP contribution < -0.4 is 0 Å². The number of para-hydroxylation sites is 2. The van der Waals surface area contributed by atoms with Crippen molar-refractivity contribution in [3.05, 3.63) is 42.5 Å². The van der Waals surface area contributed by atoms with Crippen molar-refractivity contribution in [1.29, 1.82) is 0 Å². The van der Waals surface area contributed by atoms with Gasteiger partial charge in [0.05, 0.1) is 34.8 Å². The first-order valence-corrected chi connectivity index (χ1v) is 6.10. The Balaban J connectivity index is 0.000000514. The number of hydrogen-bond acceptors (Lipinski definition) is 2. The molecule has 88 valence electrons. The Labute approximate surface area is 101 Å². The zero-order valence-electron chi connectivity index (χ0n) is 10.5. The van der Waals surface area contributed by atoms with Crippen molar-refractivity contribution in [3.63, 3.8) is 0 Å². The number of hydrogen-bond donors (Lipinski definition) is 0. The van der Waals surface area contributed by atoms with Crippen molar-refractivity contribution >= 4 is 16.6 Å². The molecule has 0 aliphatic rings. The number of aromatic nitrogens is 3. The molecule has 1 aromatic carbocycles. The number of rotatable bonds is 1. The van der Waals surface area contributed by atoms with Crippen LogP contribution in [0.3, 0.4) is 0 Å². The van der Waals surface area contributed by atoms with Crippen molar-refractivity contribution < 1.29 is 0 Å². The van der Waals surface area contributed by atoms with Crippen LogP contribution >= 0.6 is 0 Å². The zero-order valence-corrected chi connectivity index (χ0v) is 10.5. The summed E-state index contributed by atoms with van der Waals surface area (Å²) in [6, 6.07) is 8.14. The molecule has 0 aliphatic heterocycles. The van der Waals surface area contributed by atoms with E-state index in [0.29, 0.717) is 0 Å². The summed E-state index contributed by atoms with van der Waals surface area (Å²) in [7, 11) is 0. The molecule has 0 spiro atoms. The Hall–Kier alpha value is -1.90. The van der Waals surface area contributed by atoms with E-state index in [-0.39, 0.29) is 0 Å². The summed E-state index contributed by atoms with van der Waals surface area (Å²) in [5, 5.41) is 0. The Morgan fingerprint density at radius 1 is 1.12 bits per heavy atom. The Morgan fingerprint density at radius 2 is 1.88 bits per heavy atom. The molecule has 0 saturated heterocycles. The van der Waals surface area contributed by atoms with Gasteiger partial charge in [0, 0.05) is 0 Å². The molecule has 0 saturated carbocycles. The highest BCUT2D eigenvalue weighted by atomic mass is 15.0. The summed E-state index contributed by atoms with van der Waals surface area (Å²) in [6.45, 7) is 6.12. The van der Waals surface area contributed by atoms with Gasteiger partial charge in [0.2, 0.25) is 0 Å². The fourth-order valence-electron chi connectivity index (χ4n) is 1.93.